The number of rotatable bonds is 4. The first-order valence-corrected chi connectivity index (χ1v) is 7.87. The van der Waals surface area contributed by atoms with Gasteiger partial charge in [0.25, 0.3) is 5.91 Å². The van der Waals surface area contributed by atoms with Crippen LogP contribution in [0, 0.1) is 11.8 Å². The van der Waals surface area contributed by atoms with E-state index in [9.17, 15) is 9.90 Å². The first-order valence-electron chi connectivity index (χ1n) is 7.87. The summed E-state index contributed by atoms with van der Waals surface area (Å²) in [7, 11) is 0. The molecule has 0 bridgehead atoms. The standard InChI is InChI=1S/C16H23N3O2/c1-2-8-17-15-5-3-4-13(18-15)16(21)19-9-11-6-7-14(20)12(11)10-19/h3-5,11-12,14,20H,2,6-10H2,1H3,(H,17,18). The van der Waals surface area contributed by atoms with Gasteiger partial charge in [-0.3, -0.25) is 4.79 Å². The van der Waals surface area contributed by atoms with Gasteiger partial charge >= 0.3 is 0 Å². The maximum atomic E-state index is 12.6. The van der Waals surface area contributed by atoms with Gasteiger partial charge in [-0.1, -0.05) is 13.0 Å². The number of aliphatic hydroxyl groups excluding tert-OH is 1. The van der Waals surface area contributed by atoms with Crippen LogP contribution in [0.4, 0.5) is 5.82 Å². The van der Waals surface area contributed by atoms with Crippen LogP contribution < -0.4 is 5.32 Å². The van der Waals surface area contributed by atoms with Crippen molar-refractivity contribution < 1.29 is 9.90 Å². The molecule has 1 amide bonds. The van der Waals surface area contributed by atoms with Crippen LogP contribution in [0.15, 0.2) is 18.2 Å². The summed E-state index contributed by atoms with van der Waals surface area (Å²) in [6.45, 7) is 4.37. The summed E-state index contributed by atoms with van der Waals surface area (Å²) in [6, 6.07) is 5.52. The van der Waals surface area contributed by atoms with Crippen molar-refractivity contribution in [3.05, 3.63) is 23.9 Å². The van der Waals surface area contributed by atoms with Gasteiger partial charge in [-0.2, -0.15) is 0 Å². The van der Waals surface area contributed by atoms with Gasteiger partial charge in [0.05, 0.1) is 6.10 Å². The number of amides is 1. The van der Waals surface area contributed by atoms with Crippen LogP contribution in [-0.4, -0.2) is 46.6 Å². The number of aliphatic hydroxyl groups is 1. The molecule has 0 radical (unpaired) electrons. The molecule has 1 saturated carbocycles. The number of carbonyl (C=O) groups excluding carboxylic acids is 1. The number of nitrogens with one attached hydrogen (secondary N) is 1. The molecule has 5 nitrogen and oxygen atoms in total. The Hall–Kier alpha value is -1.62. The zero-order chi connectivity index (χ0) is 14.8. The molecular formula is C16H23N3O2. The predicted molar refractivity (Wildman–Crippen MR) is 81.1 cm³/mol. The predicted octanol–water partition coefficient (Wildman–Crippen LogP) is 1.75. The van der Waals surface area contributed by atoms with Gasteiger partial charge in [0.2, 0.25) is 0 Å². The van der Waals surface area contributed by atoms with E-state index in [1.165, 1.54) is 0 Å². The molecule has 1 aliphatic carbocycles. The Bertz CT molecular complexity index is 520. The van der Waals surface area contributed by atoms with Gasteiger partial charge in [-0.25, -0.2) is 4.98 Å². The lowest BCUT2D eigenvalue weighted by atomic mass is 10.00. The van der Waals surface area contributed by atoms with Crippen LogP contribution in [0.3, 0.4) is 0 Å². The number of fused-ring (bicyclic) bond motifs is 1. The number of hydrogen-bond acceptors (Lipinski definition) is 4. The second-order valence-electron chi connectivity index (χ2n) is 6.11. The minimum atomic E-state index is -0.238. The van der Waals surface area contributed by atoms with Crippen LogP contribution in [0.25, 0.3) is 0 Å². The van der Waals surface area contributed by atoms with E-state index < -0.39 is 0 Å². The molecule has 114 valence electrons. The molecule has 2 heterocycles. The average Bonchev–Trinajstić information content (AvgIpc) is 3.07. The number of aromatic nitrogens is 1. The van der Waals surface area contributed by atoms with E-state index in [-0.39, 0.29) is 17.9 Å². The zero-order valence-corrected chi connectivity index (χ0v) is 12.5. The topological polar surface area (TPSA) is 65.5 Å². The van der Waals surface area contributed by atoms with E-state index in [1.54, 1.807) is 6.07 Å². The van der Waals surface area contributed by atoms with Gasteiger partial charge in [-0.05, 0) is 37.3 Å². The highest BCUT2D eigenvalue weighted by molar-refractivity contribution is 5.92. The van der Waals surface area contributed by atoms with Gasteiger partial charge in [0.15, 0.2) is 0 Å². The fourth-order valence-electron chi connectivity index (χ4n) is 3.47. The number of hydrogen-bond donors (Lipinski definition) is 2. The van der Waals surface area contributed by atoms with Gasteiger partial charge in [-0.15, -0.1) is 0 Å². The summed E-state index contributed by atoms with van der Waals surface area (Å²) in [5.74, 6) is 1.46. The highest BCUT2D eigenvalue weighted by Gasteiger charge is 2.43. The second kappa shape index (κ2) is 6.02. The van der Waals surface area contributed by atoms with Crippen LogP contribution >= 0.6 is 0 Å². The molecule has 1 saturated heterocycles. The molecule has 5 heteroatoms. The molecule has 3 rings (SSSR count). The van der Waals surface area contributed by atoms with Crippen molar-refractivity contribution in [2.75, 3.05) is 25.0 Å². The Kier molecular flexibility index (Phi) is 4.10. The van der Waals surface area contributed by atoms with E-state index in [0.29, 0.717) is 18.2 Å². The Morgan fingerprint density at radius 1 is 1.43 bits per heavy atom. The molecular weight excluding hydrogens is 266 g/mol. The molecule has 0 aromatic carbocycles. The summed E-state index contributed by atoms with van der Waals surface area (Å²) < 4.78 is 0. The molecule has 3 unspecified atom stereocenters. The Balaban J connectivity index is 1.68. The lowest BCUT2D eigenvalue weighted by Crippen LogP contribution is -2.31. The van der Waals surface area contributed by atoms with Crippen LogP contribution in [0.1, 0.15) is 36.7 Å². The molecule has 2 aliphatic rings. The highest BCUT2D eigenvalue weighted by atomic mass is 16.3. The smallest absolute Gasteiger partial charge is 0.272 e. The number of likely N-dealkylation sites (tertiary alicyclic amines) is 1. The van der Waals surface area contributed by atoms with Crippen LogP contribution in [0.2, 0.25) is 0 Å². The average molecular weight is 289 g/mol. The SMILES string of the molecule is CCCNc1cccc(C(=O)N2CC3CCC(O)C3C2)n1. The maximum absolute atomic E-state index is 12.6. The fourth-order valence-corrected chi connectivity index (χ4v) is 3.47. The Labute approximate surface area is 125 Å². The third-order valence-corrected chi connectivity index (χ3v) is 4.63. The van der Waals surface area contributed by atoms with Crippen LogP contribution in [0.5, 0.6) is 0 Å². The summed E-state index contributed by atoms with van der Waals surface area (Å²) in [6.07, 6.45) is 2.69. The summed E-state index contributed by atoms with van der Waals surface area (Å²) in [5, 5.41) is 13.2. The summed E-state index contributed by atoms with van der Waals surface area (Å²) in [5.41, 5.74) is 0.491. The highest BCUT2D eigenvalue weighted by Crippen LogP contribution is 2.38. The van der Waals surface area contributed by atoms with Gasteiger partial charge in [0, 0.05) is 25.6 Å². The quantitative estimate of drug-likeness (QED) is 0.886. The molecule has 2 N–H and O–H groups in total. The van der Waals surface area contributed by atoms with E-state index in [0.717, 1.165) is 38.2 Å². The lowest BCUT2D eigenvalue weighted by molar-refractivity contribution is 0.0747. The van der Waals surface area contributed by atoms with E-state index in [2.05, 4.69) is 17.2 Å². The maximum Gasteiger partial charge on any atom is 0.272 e. The minimum absolute atomic E-state index is 0.0169. The van der Waals surface area contributed by atoms with Crippen molar-refractivity contribution in [2.24, 2.45) is 11.8 Å². The Morgan fingerprint density at radius 3 is 3.05 bits per heavy atom. The first-order chi connectivity index (χ1) is 10.2. The van der Waals surface area contributed by atoms with Crippen molar-refractivity contribution in [2.45, 2.75) is 32.3 Å². The van der Waals surface area contributed by atoms with Crippen molar-refractivity contribution >= 4 is 11.7 Å². The number of carbonyl (C=O) groups is 1. The minimum Gasteiger partial charge on any atom is -0.393 e. The summed E-state index contributed by atoms with van der Waals surface area (Å²) >= 11 is 0. The molecule has 0 spiro atoms. The van der Waals surface area contributed by atoms with E-state index in [4.69, 9.17) is 0 Å². The molecule has 2 fully saturated rings. The molecule has 1 aliphatic heterocycles. The number of pyridine rings is 1. The molecule has 21 heavy (non-hydrogen) atoms. The van der Waals surface area contributed by atoms with Gasteiger partial charge in [0.1, 0.15) is 11.5 Å². The van der Waals surface area contributed by atoms with E-state index in [1.807, 2.05) is 17.0 Å². The first kappa shape index (κ1) is 14.3. The van der Waals surface area contributed by atoms with Gasteiger partial charge < -0.3 is 15.3 Å². The molecule has 1 aromatic rings. The monoisotopic (exact) mass is 289 g/mol. The lowest BCUT2D eigenvalue weighted by Gasteiger charge is -2.18. The van der Waals surface area contributed by atoms with Crippen LogP contribution in [-0.2, 0) is 0 Å². The fraction of sp³-hybridized carbons (Fsp3) is 0.625. The largest absolute Gasteiger partial charge is 0.393 e. The second-order valence-corrected chi connectivity index (χ2v) is 6.11. The normalized spacial score (nSPS) is 27.7. The molecule has 1 aromatic heterocycles. The number of anilines is 1. The third-order valence-electron chi connectivity index (χ3n) is 4.63. The molecule has 3 atom stereocenters. The van der Waals surface area contributed by atoms with Crippen molar-refractivity contribution in [3.63, 3.8) is 0 Å². The Morgan fingerprint density at radius 2 is 2.29 bits per heavy atom. The van der Waals surface area contributed by atoms with E-state index >= 15 is 0 Å². The van der Waals surface area contributed by atoms with Crippen molar-refractivity contribution in [1.82, 2.24) is 9.88 Å². The zero-order valence-electron chi connectivity index (χ0n) is 12.5. The third kappa shape index (κ3) is 2.88. The van der Waals surface area contributed by atoms with Crippen molar-refractivity contribution in [3.8, 4) is 0 Å². The summed E-state index contributed by atoms with van der Waals surface area (Å²) in [4.78, 5) is 18.8. The number of nitrogens with zero attached hydrogens (tertiary/aromatic N) is 2. The van der Waals surface area contributed by atoms with Crippen molar-refractivity contribution in [1.29, 1.82) is 0 Å².